The maximum Gasteiger partial charge on any atom is 0.108 e. The summed E-state index contributed by atoms with van der Waals surface area (Å²) >= 11 is 5.75. The van der Waals surface area contributed by atoms with Crippen molar-refractivity contribution in [2.75, 3.05) is 13.2 Å². The zero-order valence-corrected chi connectivity index (χ0v) is 9.42. The van der Waals surface area contributed by atoms with Crippen LogP contribution < -0.4 is 0 Å². The summed E-state index contributed by atoms with van der Waals surface area (Å²) in [4.78, 5) is 0. The van der Waals surface area contributed by atoms with Crippen molar-refractivity contribution in [2.24, 2.45) is 0 Å². The van der Waals surface area contributed by atoms with Gasteiger partial charge in [0.25, 0.3) is 0 Å². The molecule has 1 aromatic rings. The maximum absolute atomic E-state index is 5.75. The largest absolute Gasteiger partial charge is 0.365 e. The van der Waals surface area contributed by atoms with Gasteiger partial charge in [0.05, 0.1) is 6.61 Å². The highest BCUT2D eigenvalue weighted by molar-refractivity contribution is 6.30. The third kappa shape index (κ3) is 5.27. The van der Waals surface area contributed by atoms with E-state index in [1.54, 1.807) is 0 Å². The van der Waals surface area contributed by atoms with Gasteiger partial charge in [0.15, 0.2) is 0 Å². The lowest BCUT2D eigenvalue weighted by Crippen LogP contribution is -1.90. The molecule has 1 rings (SSSR count). The summed E-state index contributed by atoms with van der Waals surface area (Å²) in [5.74, 6) is 5.92. The molecule has 0 spiro atoms. The Balaban J connectivity index is 2.34. The van der Waals surface area contributed by atoms with Crippen molar-refractivity contribution in [3.8, 4) is 11.8 Å². The van der Waals surface area contributed by atoms with E-state index in [4.69, 9.17) is 16.3 Å². The number of hydrogen-bond donors (Lipinski definition) is 0. The summed E-state index contributed by atoms with van der Waals surface area (Å²) in [5, 5.41) is 0.727. The Morgan fingerprint density at radius 1 is 1.33 bits per heavy atom. The van der Waals surface area contributed by atoms with Crippen molar-refractivity contribution in [1.29, 1.82) is 0 Å². The van der Waals surface area contributed by atoms with Gasteiger partial charge >= 0.3 is 0 Å². The van der Waals surface area contributed by atoms with Crippen LogP contribution in [0.2, 0.25) is 5.02 Å². The van der Waals surface area contributed by atoms with Gasteiger partial charge in [-0.05, 0) is 31.2 Å². The lowest BCUT2D eigenvalue weighted by molar-refractivity contribution is 0.199. The standard InChI is InChI=1S/C13H13ClO/c1-2-3-10-15-11-4-5-12-6-8-13(14)9-7-12/h2-3,6-9H,10-11H2,1H3/b3-2-. The van der Waals surface area contributed by atoms with E-state index in [0.717, 1.165) is 10.6 Å². The fourth-order valence-corrected chi connectivity index (χ4v) is 1.07. The van der Waals surface area contributed by atoms with Gasteiger partial charge < -0.3 is 4.74 Å². The topological polar surface area (TPSA) is 9.23 Å². The van der Waals surface area contributed by atoms with Crippen LogP contribution in [0.5, 0.6) is 0 Å². The third-order valence-corrected chi connectivity index (χ3v) is 1.95. The summed E-state index contributed by atoms with van der Waals surface area (Å²) < 4.78 is 5.23. The highest BCUT2D eigenvalue weighted by Crippen LogP contribution is 2.08. The smallest absolute Gasteiger partial charge is 0.108 e. The van der Waals surface area contributed by atoms with Gasteiger partial charge in [0.2, 0.25) is 0 Å². The average Bonchev–Trinajstić information content (AvgIpc) is 2.26. The molecule has 0 radical (unpaired) electrons. The molecule has 0 atom stereocenters. The second-order valence-electron chi connectivity index (χ2n) is 2.89. The van der Waals surface area contributed by atoms with Crippen LogP contribution in [-0.2, 0) is 4.74 Å². The van der Waals surface area contributed by atoms with Crippen molar-refractivity contribution < 1.29 is 4.74 Å². The Kier molecular flexibility index (Phi) is 5.62. The van der Waals surface area contributed by atoms with Gasteiger partial charge in [-0.2, -0.15) is 0 Å². The highest BCUT2D eigenvalue weighted by Gasteiger charge is 1.86. The third-order valence-electron chi connectivity index (χ3n) is 1.70. The lowest BCUT2D eigenvalue weighted by Gasteiger charge is -1.92. The molecule has 15 heavy (non-hydrogen) atoms. The molecule has 0 aromatic heterocycles. The molecule has 1 aromatic carbocycles. The Bertz CT molecular complexity index is 368. The highest BCUT2D eigenvalue weighted by atomic mass is 35.5. The van der Waals surface area contributed by atoms with E-state index < -0.39 is 0 Å². The molecule has 0 bridgehead atoms. The van der Waals surface area contributed by atoms with E-state index in [9.17, 15) is 0 Å². The van der Waals surface area contributed by atoms with Gasteiger partial charge in [0, 0.05) is 10.6 Å². The summed E-state index contributed by atoms with van der Waals surface area (Å²) in [6.45, 7) is 3.03. The van der Waals surface area contributed by atoms with Crippen molar-refractivity contribution in [2.45, 2.75) is 6.92 Å². The molecule has 0 aliphatic rings. The minimum absolute atomic E-state index is 0.451. The number of benzene rings is 1. The SMILES string of the molecule is C/C=C\COCC#Cc1ccc(Cl)cc1. The lowest BCUT2D eigenvalue weighted by atomic mass is 10.2. The number of allylic oxidation sites excluding steroid dienone is 1. The second-order valence-corrected chi connectivity index (χ2v) is 3.33. The Morgan fingerprint density at radius 2 is 2.07 bits per heavy atom. The molecule has 0 aliphatic carbocycles. The molecule has 0 unspecified atom stereocenters. The zero-order chi connectivity index (χ0) is 10.9. The van der Waals surface area contributed by atoms with Crippen LogP contribution in [0.3, 0.4) is 0 Å². The molecule has 1 nitrogen and oxygen atoms in total. The van der Waals surface area contributed by atoms with Crippen molar-refractivity contribution in [3.05, 3.63) is 47.0 Å². The molecule has 0 saturated heterocycles. The van der Waals surface area contributed by atoms with Crippen LogP contribution in [-0.4, -0.2) is 13.2 Å². The Hall–Kier alpha value is -1.23. The minimum Gasteiger partial charge on any atom is -0.365 e. The van der Waals surface area contributed by atoms with E-state index >= 15 is 0 Å². The van der Waals surface area contributed by atoms with Gasteiger partial charge in [-0.1, -0.05) is 35.6 Å². The Morgan fingerprint density at radius 3 is 2.73 bits per heavy atom. The molecule has 0 fully saturated rings. The molecule has 0 saturated carbocycles. The first kappa shape index (κ1) is 11.8. The van der Waals surface area contributed by atoms with Crippen molar-refractivity contribution in [3.63, 3.8) is 0 Å². The Labute approximate surface area is 95.7 Å². The fraction of sp³-hybridized carbons (Fsp3) is 0.231. The first-order valence-electron chi connectivity index (χ1n) is 4.76. The van der Waals surface area contributed by atoms with E-state index in [1.165, 1.54) is 0 Å². The summed E-state index contributed by atoms with van der Waals surface area (Å²) in [6.07, 6.45) is 3.90. The van der Waals surface area contributed by atoms with Crippen LogP contribution in [0, 0.1) is 11.8 Å². The number of rotatable bonds is 3. The van der Waals surface area contributed by atoms with E-state index in [0.29, 0.717) is 13.2 Å². The molecule has 2 heteroatoms. The normalized spacial score (nSPS) is 10.0. The number of ether oxygens (including phenoxy) is 1. The van der Waals surface area contributed by atoms with E-state index in [-0.39, 0.29) is 0 Å². The predicted octanol–water partition coefficient (Wildman–Crippen LogP) is 3.28. The van der Waals surface area contributed by atoms with E-state index in [1.807, 2.05) is 43.3 Å². The molecule has 0 heterocycles. The van der Waals surface area contributed by atoms with Gasteiger partial charge in [-0.25, -0.2) is 0 Å². The summed E-state index contributed by atoms with van der Waals surface area (Å²) in [5.41, 5.74) is 0.953. The quantitative estimate of drug-likeness (QED) is 0.432. The number of halogens is 1. The summed E-state index contributed by atoms with van der Waals surface area (Å²) in [6, 6.07) is 7.43. The van der Waals surface area contributed by atoms with Crippen LogP contribution in [0.15, 0.2) is 36.4 Å². The van der Waals surface area contributed by atoms with Crippen LogP contribution in [0.25, 0.3) is 0 Å². The van der Waals surface area contributed by atoms with Crippen molar-refractivity contribution in [1.82, 2.24) is 0 Å². The van der Waals surface area contributed by atoms with Gasteiger partial charge in [0.1, 0.15) is 6.61 Å². The van der Waals surface area contributed by atoms with E-state index in [2.05, 4.69) is 11.8 Å². The van der Waals surface area contributed by atoms with Gasteiger partial charge in [-0.15, -0.1) is 0 Å². The number of hydrogen-bond acceptors (Lipinski definition) is 1. The minimum atomic E-state index is 0.451. The first-order chi connectivity index (χ1) is 7.33. The monoisotopic (exact) mass is 220 g/mol. The molecule has 0 amide bonds. The second kappa shape index (κ2) is 7.11. The molecular formula is C13H13ClO. The molecule has 78 valence electrons. The molecule has 0 aliphatic heterocycles. The van der Waals surface area contributed by atoms with Crippen LogP contribution in [0.4, 0.5) is 0 Å². The zero-order valence-electron chi connectivity index (χ0n) is 8.66. The summed E-state index contributed by atoms with van der Waals surface area (Å²) in [7, 11) is 0. The fourth-order valence-electron chi connectivity index (χ4n) is 0.946. The van der Waals surface area contributed by atoms with Crippen molar-refractivity contribution >= 4 is 11.6 Å². The van der Waals surface area contributed by atoms with Crippen LogP contribution in [0.1, 0.15) is 12.5 Å². The average molecular weight is 221 g/mol. The van der Waals surface area contributed by atoms with Crippen LogP contribution >= 0.6 is 11.6 Å². The first-order valence-corrected chi connectivity index (χ1v) is 5.14. The maximum atomic E-state index is 5.75. The predicted molar refractivity (Wildman–Crippen MR) is 64.0 cm³/mol. The molecule has 0 N–H and O–H groups in total. The van der Waals surface area contributed by atoms with Gasteiger partial charge in [-0.3, -0.25) is 0 Å². The molecular weight excluding hydrogens is 208 g/mol.